The average Bonchev–Trinajstić information content (AvgIpc) is 2.65. The smallest absolute Gasteiger partial charge is 0.301 e. The van der Waals surface area contributed by atoms with Crippen molar-refractivity contribution < 1.29 is 39.2 Å². The van der Waals surface area contributed by atoms with E-state index in [1.165, 1.54) is 45.3 Å². The number of carbonyl (C=O) groups excluding carboxylic acids is 1. The molecule has 0 aliphatic carbocycles. The molecule has 0 aliphatic rings. The van der Waals surface area contributed by atoms with E-state index in [9.17, 15) is 39.2 Å². The van der Waals surface area contributed by atoms with Crippen molar-refractivity contribution in [2.75, 3.05) is 24.1 Å². The number of carbonyl (C=O) groups is 1. The molecule has 0 bridgehead atoms. The fraction of sp³-hybridized carbons (Fsp3) is 0.167. The summed E-state index contributed by atoms with van der Waals surface area (Å²) in [6, 6.07) is 6.97. The molecule has 0 fully saturated rings. The molecule has 2 aromatic carbocycles. The van der Waals surface area contributed by atoms with Crippen LogP contribution >= 0.6 is 0 Å². The molecule has 1 amide bonds. The summed E-state index contributed by atoms with van der Waals surface area (Å²) in [5.74, 6) is -0.534. The third kappa shape index (κ3) is 6.83. The van der Waals surface area contributed by atoms with Crippen LogP contribution < -0.4 is 10.0 Å². The van der Waals surface area contributed by atoms with Crippen molar-refractivity contribution in [3.63, 3.8) is 0 Å². The SMILES string of the molecule is CC(=O)Nc1cccc(S(=O)(=O)O)c1C=Cc1ccc(NS(=O)(=O)N(C)C)cc1S(=O)(=O)O. The molecule has 0 radical (unpaired) electrons. The number of rotatable bonds is 8. The molecular formula is C18H21N3O9S3. The minimum atomic E-state index is -4.84. The van der Waals surface area contributed by atoms with Crippen molar-refractivity contribution in [3.05, 3.63) is 47.5 Å². The van der Waals surface area contributed by atoms with Gasteiger partial charge in [-0.15, -0.1) is 0 Å². The minimum absolute atomic E-state index is 0.0117. The Hall–Kier alpha value is -2.82. The van der Waals surface area contributed by atoms with E-state index in [0.29, 0.717) is 0 Å². The normalized spacial score (nSPS) is 12.8. The van der Waals surface area contributed by atoms with Gasteiger partial charge in [-0.25, -0.2) is 0 Å². The van der Waals surface area contributed by atoms with Gasteiger partial charge >= 0.3 is 10.2 Å². The largest absolute Gasteiger partial charge is 0.326 e. The van der Waals surface area contributed by atoms with Gasteiger partial charge in [-0.05, 0) is 29.8 Å². The molecule has 2 aromatic rings. The number of nitrogens with zero attached hydrogens (tertiary/aromatic N) is 1. The summed E-state index contributed by atoms with van der Waals surface area (Å²) in [4.78, 5) is 10.2. The highest BCUT2D eigenvalue weighted by atomic mass is 32.2. The highest BCUT2D eigenvalue weighted by molar-refractivity contribution is 7.90. The Bertz CT molecular complexity index is 1430. The molecule has 0 saturated carbocycles. The van der Waals surface area contributed by atoms with E-state index >= 15 is 0 Å². The zero-order valence-corrected chi connectivity index (χ0v) is 20.0. The minimum Gasteiger partial charge on any atom is -0.326 e. The lowest BCUT2D eigenvalue weighted by Gasteiger charge is -2.14. The second-order valence-corrected chi connectivity index (χ2v) is 11.5. The lowest BCUT2D eigenvalue weighted by molar-refractivity contribution is -0.114. The maximum atomic E-state index is 12.0. The van der Waals surface area contributed by atoms with Crippen LogP contribution in [0.4, 0.5) is 11.4 Å². The van der Waals surface area contributed by atoms with Crippen LogP contribution in [0.1, 0.15) is 18.1 Å². The van der Waals surface area contributed by atoms with Crippen LogP contribution in [0.25, 0.3) is 12.2 Å². The predicted molar refractivity (Wildman–Crippen MR) is 122 cm³/mol. The van der Waals surface area contributed by atoms with E-state index in [4.69, 9.17) is 0 Å². The topological polar surface area (TPSA) is 187 Å². The lowest BCUT2D eigenvalue weighted by Crippen LogP contribution is -2.29. The molecule has 0 atom stereocenters. The summed E-state index contributed by atoms with van der Waals surface area (Å²) in [7, 11) is -11.0. The van der Waals surface area contributed by atoms with E-state index in [-0.39, 0.29) is 22.5 Å². The van der Waals surface area contributed by atoms with Gasteiger partial charge in [-0.1, -0.05) is 24.3 Å². The van der Waals surface area contributed by atoms with E-state index < -0.39 is 46.1 Å². The highest BCUT2D eigenvalue weighted by Gasteiger charge is 2.20. The second kappa shape index (κ2) is 9.58. The van der Waals surface area contributed by atoms with Crippen LogP contribution in [0, 0.1) is 0 Å². The fourth-order valence-corrected chi connectivity index (χ4v) is 4.64. The molecule has 33 heavy (non-hydrogen) atoms. The Morgan fingerprint density at radius 1 is 0.909 bits per heavy atom. The number of hydrogen-bond donors (Lipinski definition) is 4. The van der Waals surface area contributed by atoms with Gasteiger partial charge in [0.25, 0.3) is 20.2 Å². The number of nitrogens with one attached hydrogen (secondary N) is 2. The van der Waals surface area contributed by atoms with Crippen molar-refractivity contribution >= 4 is 59.9 Å². The molecule has 12 nitrogen and oxygen atoms in total. The molecular weight excluding hydrogens is 498 g/mol. The van der Waals surface area contributed by atoms with Crippen molar-refractivity contribution in [2.45, 2.75) is 16.7 Å². The quantitative estimate of drug-likeness (QED) is 0.296. The lowest BCUT2D eigenvalue weighted by atomic mass is 10.1. The third-order valence-corrected chi connectivity index (χ3v) is 7.38. The van der Waals surface area contributed by atoms with Crippen LogP contribution in [0.15, 0.2) is 46.2 Å². The Morgan fingerprint density at radius 3 is 2.03 bits per heavy atom. The van der Waals surface area contributed by atoms with Crippen LogP contribution in [0.3, 0.4) is 0 Å². The van der Waals surface area contributed by atoms with Gasteiger partial charge < -0.3 is 5.32 Å². The number of benzene rings is 2. The van der Waals surface area contributed by atoms with Gasteiger partial charge in [0.1, 0.15) is 9.79 Å². The van der Waals surface area contributed by atoms with E-state index in [0.717, 1.165) is 28.6 Å². The summed E-state index contributed by atoms with van der Waals surface area (Å²) in [5, 5.41) is 2.40. The van der Waals surface area contributed by atoms with E-state index in [2.05, 4.69) is 10.0 Å². The molecule has 0 heterocycles. The van der Waals surface area contributed by atoms with Crippen LogP contribution in [0.5, 0.6) is 0 Å². The summed E-state index contributed by atoms with van der Waals surface area (Å²) in [5.41, 5.74) is -0.443. The molecule has 0 aliphatic heterocycles. The van der Waals surface area contributed by atoms with Crippen molar-refractivity contribution in [1.82, 2.24) is 4.31 Å². The van der Waals surface area contributed by atoms with Gasteiger partial charge in [0.05, 0.1) is 5.69 Å². The van der Waals surface area contributed by atoms with Crippen molar-refractivity contribution in [3.8, 4) is 0 Å². The molecule has 0 aromatic heterocycles. The number of hydrogen-bond acceptors (Lipinski definition) is 7. The zero-order chi connectivity index (χ0) is 25.2. The van der Waals surface area contributed by atoms with Gasteiger partial charge in [-0.3, -0.25) is 18.6 Å². The van der Waals surface area contributed by atoms with Gasteiger partial charge in [0.2, 0.25) is 5.91 Å². The first-order valence-electron chi connectivity index (χ1n) is 8.90. The maximum Gasteiger partial charge on any atom is 0.301 e. The molecule has 2 rings (SSSR count). The second-order valence-electron chi connectivity index (χ2n) is 6.82. The van der Waals surface area contributed by atoms with E-state index in [1.54, 1.807) is 0 Å². The molecule has 180 valence electrons. The standard InChI is InChI=1S/C18H21N3O9S3/c1-12(22)19-16-5-4-6-17(31(23,24)25)15(16)10-8-13-7-9-14(11-18(13)32(26,27)28)20-33(29,30)21(2)3/h4-11,20H,1-3H3,(H,19,22)(H,23,24,25)(H,26,27,28). The predicted octanol–water partition coefficient (Wildman–Crippen LogP) is 1.53. The first-order chi connectivity index (χ1) is 15.0. The summed E-state index contributed by atoms with van der Waals surface area (Å²) >= 11 is 0. The zero-order valence-electron chi connectivity index (χ0n) is 17.5. The van der Waals surface area contributed by atoms with Crippen LogP contribution in [-0.4, -0.2) is 58.7 Å². The average molecular weight is 520 g/mol. The first kappa shape index (κ1) is 26.4. The van der Waals surface area contributed by atoms with Crippen LogP contribution in [0.2, 0.25) is 0 Å². The van der Waals surface area contributed by atoms with Gasteiger partial charge in [0, 0.05) is 32.3 Å². The van der Waals surface area contributed by atoms with Crippen LogP contribution in [-0.2, 0) is 35.2 Å². The summed E-state index contributed by atoms with van der Waals surface area (Å²) in [6.07, 6.45) is 2.23. The summed E-state index contributed by atoms with van der Waals surface area (Å²) in [6.45, 7) is 1.18. The van der Waals surface area contributed by atoms with Crippen molar-refractivity contribution in [1.29, 1.82) is 0 Å². The Balaban J connectivity index is 2.66. The van der Waals surface area contributed by atoms with Gasteiger partial charge in [-0.2, -0.15) is 29.6 Å². The molecule has 4 N–H and O–H groups in total. The van der Waals surface area contributed by atoms with Gasteiger partial charge in [0.15, 0.2) is 0 Å². The fourth-order valence-electron chi connectivity index (χ4n) is 2.61. The molecule has 15 heteroatoms. The maximum absolute atomic E-state index is 12.0. The monoisotopic (exact) mass is 519 g/mol. The molecule has 0 spiro atoms. The number of anilines is 2. The Kier molecular flexibility index (Phi) is 7.67. The van der Waals surface area contributed by atoms with E-state index in [1.807, 2.05) is 0 Å². The highest BCUT2D eigenvalue weighted by Crippen LogP contribution is 2.29. The summed E-state index contributed by atoms with van der Waals surface area (Å²) < 4.78 is 93.4. The Morgan fingerprint density at radius 2 is 1.52 bits per heavy atom. The third-order valence-electron chi connectivity index (χ3n) is 4.10. The first-order valence-corrected chi connectivity index (χ1v) is 13.2. The Labute approximate surface area is 191 Å². The number of amides is 1. The molecule has 0 saturated heterocycles. The van der Waals surface area contributed by atoms with Crippen molar-refractivity contribution in [2.24, 2.45) is 0 Å². The molecule has 0 unspecified atom stereocenters.